The number of carbonyl (C=O) groups excluding carboxylic acids is 2. The standard InChI is InChI=1S/C23H31NO4/c1-5-7-8-11-16-22(25)28-20-14-12-17-23(26)27-19-13-9-10-15-21(3)24(4)18-6-2/h1H,3,6,9-10,12-15,17-20H2,2,4H3. The minimum absolute atomic E-state index is 0.208. The highest BCUT2D eigenvalue weighted by molar-refractivity contribution is 5.89. The van der Waals surface area contributed by atoms with E-state index in [9.17, 15) is 9.59 Å². The van der Waals surface area contributed by atoms with Crippen molar-refractivity contribution in [2.75, 3.05) is 26.8 Å². The molecule has 0 aliphatic rings. The van der Waals surface area contributed by atoms with Crippen molar-refractivity contribution >= 4 is 11.9 Å². The van der Waals surface area contributed by atoms with Crippen molar-refractivity contribution in [3.63, 3.8) is 0 Å². The second-order valence-electron chi connectivity index (χ2n) is 6.26. The second kappa shape index (κ2) is 17.6. The molecule has 5 heteroatoms. The third-order valence-corrected chi connectivity index (χ3v) is 3.84. The van der Waals surface area contributed by atoms with Crippen molar-refractivity contribution in [1.82, 2.24) is 4.90 Å². The van der Waals surface area contributed by atoms with E-state index in [-0.39, 0.29) is 12.6 Å². The first kappa shape index (κ1) is 25.2. The summed E-state index contributed by atoms with van der Waals surface area (Å²) in [5.41, 5.74) is 1.16. The third-order valence-electron chi connectivity index (χ3n) is 3.84. The molecule has 0 bridgehead atoms. The molecule has 0 heterocycles. The lowest BCUT2D eigenvalue weighted by atomic mass is 10.1. The van der Waals surface area contributed by atoms with Gasteiger partial charge in [0, 0.05) is 31.6 Å². The fourth-order valence-electron chi connectivity index (χ4n) is 2.27. The summed E-state index contributed by atoms with van der Waals surface area (Å²) in [6.07, 6.45) is 11.4. The maximum absolute atomic E-state index is 11.6. The first-order valence-corrected chi connectivity index (χ1v) is 9.69. The summed E-state index contributed by atoms with van der Waals surface area (Å²) in [5, 5.41) is 0. The largest absolute Gasteiger partial charge is 0.466 e. The average Bonchev–Trinajstić information content (AvgIpc) is 2.67. The van der Waals surface area contributed by atoms with Crippen LogP contribution in [0.1, 0.15) is 58.3 Å². The Morgan fingerprint density at radius 3 is 2.36 bits per heavy atom. The van der Waals surface area contributed by atoms with E-state index in [2.05, 4.69) is 55.1 Å². The Labute approximate surface area is 169 Å². The molecule has 0 atom stereocenters. The highest BCUT2D eigenvalue weighted by Gasteiger charge is 2.04. The van der Waals surface area contributed by atoms with Crippen LogP contribution in [0.5, 0.6) is 0 Å². The number of allylic oxidation sites excluding steroid dienone is 1. The molecule has 0 N–H and O–H groups in total. The zero-order valence-electron chi connectivity index (χ0n) is 17.1. The maximum atomic E-state index is 11.6. The number of terminal acetylenes is 1. The number of esters is 2. The Hall–Kier alpha value is -2.84. The Balaban J connectivity index is 3.58. The zero-order chi connectivity index (χ0) is 21.0. The van der Waals surface area contributed by atoms with Crippen molar-refractivity contribution in [3.05, 3.63) is 12.3 Å². The van der Waals surface area contributed by atoms with E-state index in [1.807, 2.05) is 0 Å². The molecule has 152 valence electrons. The molecule has 0 unspecified atom stereocenters. The zero-order valence-corrected chi connectivity index (χ0v) is 17.1. The van der Waals surface area contributed by atoms with Gasteiger partial charge in [-0.2, -0.15) is 0 Å². The van der Waals surface area contributed by atoms with Gasteiger partial charge in [0.15, 0.2) is 0 Å². The van der Waals surface area contributed by atoms with Crippen LogP contribution in [0.25, 0.3) is 0 Å². The van der Waals surface area contributed by atoms with Gasteiger partial charge in [0.25, 0.3) is 0 Å². The SMILES string of the molecule is C#CC#CC#CC(=O)OCCCCC(=O)OCCCCCC(=C)N(C)CCC. The summed E-state index contributed by atoms with van der Waals surface area (Å²) < 4.78 is 10.1. The van der Waals surface area contributed by atoms with Crippen molar-refractivity contribution in [3.8, 4) is 36.0 Å². The molecule has 0 radical (unpaired) electrons. The van der Waals surface area contributed by atoms with Crippen molar-refractivity contribution < 1.29 is 19.1 Å². The lowest BCUT2D eigenvalue weighted by molar-refractivity contribution is -0.143. The fourth-order valence-corrected chi connectivity index (χ4v) is 2.27. The Kier molecular flexibility index (Phi) is 15.8. The quantitative estimate of drug-likeness (QED) is 0.199. The number of nitrogens with zero attached hydrogens (tertiary/aromatic N) is 1. The van der Waals surface area contributed by atoms with E-state index in [0.29, 0.717) is 25.9 Å². The van der Waals surface area contributed by atoms with E-state index in [1.54, 1.807) is 0 Å². The number of unbranched alkanes of at least 4 members (excludes halogenated alkanes) is 3. The molecule has 0 aromatic rings. The molecular weight excluding hydrogens is 354 g/mol. The Bertz CT molecular complexity index is 652. The van der Waals surface area contributed by atoms with Crippen molar-refractivity contribution in [2.45, 2.75) is 58.3 Å². The highest BCUT2D eigenvalue weighted by Crippen LogP contribution is 2.11. The van der Waals surface area contributed by atoms with Crippen molar-refractivity contribution in [2.24, 2.45) is 0 Å². The molecule has 0 saturated carbocycles. The first-order valence-electron chi connectivity index (χ1n) is 9.69. The van der Waals surface area contributed by atoms with Gasteiger partial charge >= 0.3 is 11.9 Å². The molecule has 0 fully saturated rings. The summed E-state index contributed by atoms with van der Waals surface area (Å²) in [4.78, 5) is 25.1. The number of hydrogen-bond acceptors (Lipinski definition) is 5. The lowest BCUT2D eigenvalue weighted by Gasteiger charge is -2.20. The summed E-state index contributed by atoms with van der Waals surface area (Å²) in [7, 11) is 2.07. The topological polar surface area (TPSA) is 55.8 Å². The molecule has 0 aliphatic carbocycles. The Morgan fingerprint density at radius 1 is 0.964 bits per heavy atom. The van der Waals surface area contributed by atoms with E-state index in [1.165, 1.54) is 0 Å². The van der Waals surface area contributed by atoms with Gasteiger partial charge in [-0.15, -0.1) is 6.42 Å². The average molecular weight is 386 g/mol. The lowest BCUT2D eigenvalue weighted by Crippen LogP contribution is -2.17. The molecule has 28 heavy (non-hydrogen) atoms. The van der Waals surface area contributed by atoms with Gasteiger partial charge < -0.3 is 14.4 Å². The molecule has 0 aliphatic heterocycles. The van der Waals surface area contributed by atoms with Crippen LogP contribution >= 0.6 is 0 Å². The highest BCUT2D eigenvalue weighted by atomic mass is 16.5. The van der Waals surface area contributed by atoms with E-state index in [0.717, 1.165) is 44.3 Å². The summed E-state index contributed by atoms with van der Waals surface area (Å²) in [6, 6.07) is 0. The molecule has 0 spiro atoms. The van der Waals surface area contributed by atoms with Gasteiger partial charge in [-0.25, -0.2) is 4.79 Å². The van der Waals surface area contributed by atoms with Gasteiger partial charge in [0.2, 0.25) is 0 Å². The van der Waals surface area contributed by atoms with Crippen LogP contribution in [-0.2, 0) is 19.1 Å². The minimum atomic E-state index is -0.655. The van der Waals surface area contributed by atoms with Crippen molar-refractivity contribution in [1.29, 1.82) is 0 Å². The number of carbonyl (C=O) groups is 2. The van der Waals surface area contributed by atoms with Crippen LogP contribution in [0.2, 0.25) is 0 Å². The van der Waals surface area contributed by atoms with Gasteiger partial charge in [-0.05, 0) is 68.6 Å². The smallest absolute Gasteiger partial charge is 0.385 e. The first-order chi connectivity index (χ1) is 13.5. The van der Waals surface area contributed by atoms with Gasteiger partial charge in [-0.1, -0.05) is 13.5 Å². The number of hydrogen-bond donors (Lipinski definition) is 0. The van der Waals surface area contributed by atoms with E-state index < -0.39 is 5.97 Å². The van der Waals surface area contributed by atoms with Gasteiger partial charge in [0.1, 0.15) is 0 Å². The second-order valence-corrected chi connectivity index (χ2v) is 6.26. The molecule has 0 amide bonds. The minimum Gasteiger partial charge on any atom is -0.466 e. The van der Waals surface area contributed by atoms with E-state index >= 15 is 0 Å². The van der Waals surface area contributed by atoms with Crippen LogP contribution in [0, 0.1) is 36.0 Å². The fraction of sp³-hybridized carbons (Fsp3) is 0.565. The van der Waals surface area contributed by atoms with Gasteiger partial charge in [0.05, 0.1) is 13.2 Å². The summed E-state index contributed by atoms with van der Waals surface area (Å²) >= 11 is 0. The summed E-state index contributed by atoms with van der Waals surface area (Å²) in [6.45, 7) is 7.93. The molecule has 0 aromatic heterocycles. The van der Waals surface area contributed by atoms with E-state index in [4.69, 9.17) is 15.9 Å². The number of rotatable bonds is 14. The van der Waals surface area contributed by atoms with Crippen LogP contribution in [0.15, 0.2) is 12.3 Å². The predicted octanol–water partition coefficient (Wildman–Crippen LogP) is 3.30. The monoisotopic (exact) mass is 385 g/mol. The van der Waals surface area contributed by atoms with Crippen LogP contribution in [0.4, 0.5) is 0 Å². The van der Waals surface area contributed by atoms with Gasteiger partial charge in [-0.3, -0.25) is 4.79 Å². The number of ether oxygens (including phenoxy) is 2. The van der Waals surface area contributed by atoms with Crippen LogP contribution in [-0.4, -0.2) is 43.6 Å². The molecule has 0 aromatic carbocycles. The Morgan fingerprint density at radius 2 is 1.64 bits per heavy atom. The maximum Gasteiger partial charge on any atom is 0.385 e. The molecule has 0 saturated heterocycles. The third kappa shape index (κ3) is 15.4. The summed E-state index contributed by atoms with van der Waals surface area (Å²) in [5.74, 6) is 10.3. The van der Waals surface area contributed by atoms with Crippen LogP contribution < -0.4 is 0 Å². The molecule has 0 rings (SSSR count). The van der Waals surface area contributed by atoms with Crippen LogP contribution in [0.3, 0.4) is 0 Å². The predicted molar refractivity (Wildman–Crippen MR) is 111 cm³/mol. The molecule has 5 nitrogen and oxygen atoms in total. The molecular formula is C23H31NO4. The normalized spacial score (nSPS) is 9.04.